The zero-order chi connectivity index (χ0) is 13.1. The highest BCUT2D eigenvalue weighted by Crippen LogP contribution is 2.07. The molecule has 0 spiro atoms. The van der Waals surface area contributed by atoms with Gasteiger partial charge in [0.1, 0.15) is 11.3 Å². The first-order valence-electron chi connectivity index (χ1n) is 5.88. The van der Waals surface area contributed by atoms with Gasteiger partial charge in [0.15, 0.2) is 0 Å². The first-order chi connectivity index (χ1) is 8.63. The minimum atomic E-state index is 0.215. The topological polar surface area (TPSA) is 74.6 Å². The Kier molecular flexibility index (Phi) is 3.71. The van der Waals surface area contributed by atoms with Gasteiger partial charge in [-0.15, -0.1) is 5.10 Å². The van der Waals surface area contributed by atoms with Crippen LogP contribution in [0.2, 0.25) is 0 Å². The average Bonchev–Trinajstić information content (AvgIpc) is 2.96. The van der Waals surface area contributed by atoms with Crippen LogP contribution >= 0.6 is 12.2 Å². The molecule has 18 heavy (non-hydrogen) atoms. The van der Waals surface area contributed by atoms with E-state index in [1.165, 1.54) is 0 Å². The van der Waals surface area contributed by atoms with Gasteiger partial charge < -0.3 is 5.73 Å². The van der Waals surface area contributed by atoms with Crippen molar-refractivity contribution in [1.82, 2.24) is 24.5 Å². The lowest BCUT2D eigenvalue weighted by Crippen LogP contribution is -2.13. The minimum Gasteiger partial charge on any atom is -0.387 e. The van der Waals surface area contributed by atoms with Crippen LogP contribution in [-0.4, -0.2) is 29.5 Å². The standard InChI is InChI=1S/C11H16N6S/c1-3-8-5-9(17(4-2)14-8)6-16-7-13-11(15-16)10(12)18/h5,7H,3-4,6H2,1-2H3,(H2,12,18). The van der Waals surface area contributed by atoms with Crippen molar-refractivity contribution in [2.75, 3.05) is 0 Å². The molecule has 0 aliphatic rings. The highest BCUT2D eigenvalue weighted by atomic mass is 32.1. The fraction of sp³-hybridized carbons (Fsp3) is 0.455. The van der Waals surface area contributed by atoms with Gasteiger partial charge in [-0.05, 0) is 19.4 Å². The molecule has 0 aromatic carbocycles. The third-order valence-electron chi connectivity index (χ3n) is 2.66. The summed E-state index contributed by atoms with van der Waals surface area (Å²) >= 11 is 4.83. The number of nitrogens with two attached hydrogens (primary N) is 1. The number of aromatic nitrogens is 5. The average molecular weight is 264 g/mol. The molecule has 2 aromatic rings. The van der Waals surface area contributed by atoms with Crippen molar-refractivity contribution < 1.29 is 0 Å². The Morgan fingerprint density at radius 1 is 1.39 bits per heavy atom. The Balaban J connectivity index is 2.21. The van der Waals surface area contributed by atoms with E-state index in [4.69, 9.17) is 18.0 Å². The Morgan fingerprint density at radius 3 is 2.72 bits per heavy atom. The maximum absolute atomic E-state index is 5.48. The number of rotatable bonds is 5. The molecule has 0 atom stereocenters. The number of nitrogens with zero attached hydrogens (tertiary/aromatic N) is 5. The summed E-state index contributed by atoms with van der Waals surface area (Å²) in [5, 5.41) is 8.70. The van der Waals surface area contributed by atoms with Crippen LogP contribution in [-0.2, 0) is 19.5 Å². The Bertz CT molecular complexity index is 556. The highest BCUT2D eigenvalue weighted by molar-refractivity contribution is 7.80. The van der Waals surface area contributed by atoms with Crippen LogP contribution in [0.5, 0.6) is 0 Å². The van der Waals surface area contributed by atoms with Crippen molar-refractivity contribution in [3.63, 3.8) is 0 Å². The summed E-state index contributed by atoms with van der Waals surface area (Å²) in [4.78, 5) is 4.27. The van der Waals surface area contributed by atoms with Gasteiger partial charge in [-0.25, -0.2) is 9.67 Å². The maximum atomic E-state index is 5.48. The van der Waals surface area contributed by atoms with Crippen LogP contribution in [0.3, 0.4) is 0 Å². The van der Waals surface area contributed by atoms with E-state index in [0.717, 1.165) is 24.4 Å². The second-order valence-electron chi connectivity index (χ2n) is 3.93. The molecule has 0 unspecified atom stereocenters. The lowest BCUT2D eigenvalue weighted by atomic mass is 10.3. The summed E-state index contributed by atoms with van der Waals surface area (Å²) in [6.45, 7) is 5.62. The van der Waals surface area contributed by atoms with E-state index in [1.54, 1.807) is 11.0 Å². The van der Waals surface area contributed by atoms with Crippen molar-refractivity contribution in [2.24, 2.45) is 5.73 Å². The molecule has 0 bridgehead atoms. The molecule has 0 aliphatic carbocycles. The van der Waals surface area contributed by atoms with Crippen molar-refractivity contribution in [3.05, 3.63) is 29.6 Å². The second-order valence-corrected chi connectivity index (χ2v) is 4.37. The molecular formula is C11H16N6S. The highest BCUT2D eigenvalue weighted by Gasteiger charge is 2.08. The minimum absolute atomic E-state index is 0.215. The predicted molar refractivity (Wildman–Crippen MR) is 72.3 cm³/mol. The van der Waals surface area contributed by atoms with Gasteiger partial charge in [0.25, 0.3) is 0 Å². The Hall–Kier alpha value is -1.76. The van der Waals surface area contributed by atoms with E-state index in [9.17, 15) is 0 Å². The van der Waals surface area contributed by atoms with E-state index in [0.29, 0.717) is 12.4 Å². The molecule has 0 saturated carbocycles. The van der Waals surface area contributed by atoms with Crippen LogP contribution in [0, 0.1) is 0 Å². The van der Waals surface area contributed by atoms with Crippen LogP contribution < -0.4 is 5.73 Å². The number of thiocarbonyl (C=S) groups is 1. The van der Waals surface area contributed by atoms with Gasteiger partial charge in [-0.3, -0.25) is 4.68 Å². The quantitative estimate of drug-likeness (QED) is 0.806. The summed E-state index contributed by atoms with van der Waals surface area (Å²) in [6.07, 6.45) is 2.56. The van der Waals surface area contributed by atoms with E-state index < -0.39 is 0 Å². The lowest BCUT2D eigenvalue weighted by molar-refractivity contribution is 0.572. The van der Waals surface area contributed by atoms with Crippen LogP contribution in [0.1, 0.15) is 31.1 Å². The molecule has 2 N–H and O–H groups in total. The fourth-order valence-corrected chi connectivity index (χ4v) is 1.83. The van der Waals surface area contributed by atoms with Crippen LogP contribution in [0.4, 0.5) is 0 Å². The Morgan fingerprint density at radius 2 is 2.17 bits per heavy atom. The molecule has 0 saturated heterocycles. The van der Waals surface area contributed by atoms with Gasteiger partial charge in [0, 0.05) is 6.54 Å². The van der Waals surface area contributed by atoms with Gasteiger partial charge in [-0.1, -0.05) is 19.1 Å². The third-order valence-corrected chi connectivity index (χ3v) is 2.84. The SMILES string of the molecule is CCc1cc(Cn2cnc(C(N)=S)n2)n(CC)n1. The van der Waals surface area contributed by atoms with E-state index in [2.05, 4.69) is 35.1 Å². The molecule has 0 fully saturated rings. The smallest absolute Gasteiger partial charge is 0.208 e. The fourth-order valence-electron chi connectivity index (χ4n) is 1.74. The number of hydrogen-bond acceptors (Lipinski definition) is 4. The number of aryl methyl sites for hydroxylation is 2. The van der Waals surface area contributed by atoms with Crippen molar-refractivity contribution in [3.8, 4) is 0 Å². The van der Waals surface area contributed by atoms with Crippen molar-refractivity contribution in [2.45, 2.75) is 33.4 Å². The van der Waals surface area contributed by atoms with Crippen molar-refractivity contribution >= 4 is 17.2 Å². The maximum Gasteiger partial charge on any atom is 0.208 e. The molecule has 2 heterocycles. The zero-order valence-electron chi connectivity index (χ0n) is 10.5. The van der Waals surface area contributed by atoms with Gasteiger partial charge >= 0.3 is 0 Å². The molecule has 96 valence electrons. The summed E-state index contributed by atoms with van der Waals surface area (Å²) in [5.74, 6) is 0.406. The van der Waals surface area contributed by atoms with Crippen LogP contribution in [0.15, 0.2) is 12.4 Å². The second kappa shape index (κ2) is 5.26. The molecule has 2 aromatic heterocycles. The predicted octanol–water partition coefficient (Wildman–Crippen LogP) is 0.739. The third kappa shape index (κ3) is 2.56. The zero-order valence-corrected chi connectivity index (χ0v) is 11.3. The molecule has 0 radical (unpaired) electrons. The summed E-state index contributed by atoms with van der Waals surface area (Å²) in [7, 11) is 0. The summed E-state index contributed by atoms with van der Waals surface area (Å²) in [5.41, 5.74) is 7.67. The molecule has 2 rings (SSSR count). The Labute approximate surface area is 111 Å². The van der Waals surface area contributed by atoms with E-state index in [1.807, 2.05) is 4.68 Å². The summed E-state index contributed by atoms with van der Waals surface area (Å²) in [6, 6.07) is 2.09. The van der Waals surface area contributed by atoms with Crippen LogP contribution in [0.25, 0.3) is 0 Å². The molecular weight excluding hydrogens is 248 g/mol. The molecule has 7 heteroatoms. The van der Waals surface area contributed by atoms with E-state index >= 15 is 0 Å². The van der Waals surface area contributed by atoms with E-state index in [-0.39, 0.29) is 4.99 Å². The molecule has 0 amide bonds. The summed E-state index contributed by atoms with van der Waals surface area (Å²) < 4.78 is 3.69. The molecule has 6 nitrogen and oxygen atoms in total. The van der Waals surface area contributed by atoms with Gasteiger partial charge in [0.2, 0.25) is 5.82 Å². The normalized spacial score (nSPS) is 10.8. The molecule has 0 aliphatic heterocycles. The first-order valence-corrected chi connectivity index (χ1v) is 6.29. The monoisotopic (exact) mass is 264 g/mol. The largest absolute Gasteiger partial charge is 0.387 e. The first kappa shape index (κ1) is 12.7. The lowest BCUT2D eigenvalue weighted by Gasteiger charge is -2.03. The van der Waals surface area contributed by atoms with Gasteiger partial charge in [-0.2, -0.15) is 5.10 Å². The number of hydrogen-bond donors (Lipinski definition) is 1. The van der Waals surface area contributed by atoms with Gasteiger partial charge in [0.05, 0.1) is 17.9 Å². The van der Waals surface area contributed by atoms with Crippen molar-refractivity contribution in [1.29, 1.82) is 0 Å².